The Morgan fingerprint density at radius 3 is 2.44 bits per heavy atom. The molecule has 4 heteroatoms. The van der Waals surface area contributed by atoms with Crippen molar-refractivity contribution in [3.63, 3.8) is 0 Å². The Morgan fingerprint density at radius 2 is 1.89 bits per heavy atom. The van der Waals surface area contributed by atoms with Gasteiger partial charge in [0.1, 0.15) is 9.84 Å². The number of nitrogens with one attached hydrogen (secondary N) is 1. The average molecular weight is 275 g/mol. The maximum absolute atomic E-state index is 11.6. The monoisotopic (exact) mass is 275 g/mol. The van der Waals surface area contributed by atoms with Crippen LogP contribution < -0.4 is 5.32 Å². The fourth-order valence-electron chi connectivity index (χ4n) is 2.87. The highest BCUT2D eigenvalue weighted by molar-refractivity contribution is 7.91. The zero-order chi connectivity index (χ0) is 13.4. The van der Waals surface area contributed by atoms with Crippen molar-refractivity contribution in [3.05, 3.63) is 0 Å². The lowest BCUT2D eigenvalue weighted by Gasteiger charge is -2.23. The summed E-state index contributed by atoms with van der Waals surface area (Å²) in [6, 6.07) is 0. The average Bonchev–Trinajstić information content (AvgIpc) is 2.87. The van der Waals surface area contributed by atoms with Crippen LogP contribution in [0.1, 0.15) is 52.4 Å². The maximum atomic E-state index is 11.6. The molecular formula is C14H29NO2S. The predicted molar refractivity (Wildman–Crippen MR) is 77.6 cm³/mol. The molecule has 1 fully saturated rings. The molecule has 1 saturated carbocycles. The molecule has 0 bridgehead atoms. The first-order chi connectivity index (χ1) is 8.59. The second-order valence-corrected chi connectivity index (χ2v) is 8.01. The largest absolute Gasteiger partial charge is 0.316 e. The smallest absolute Gasteiger partial charge is 0.150 e. The van der Waals surface area contributed by atoms with Gasteiger partial charge in [0.15, 0.2) is 0 Å². The van der Waals surface area contributed by atoms with Crippen molar-refractivity contribution >= 4 is 9.84 Å². The Bertz CT molecular complexity index is 308. The van der Waals surface area contributed by atoms with Crippen molar-refractivity contribution in [2.45, 2.75) is 52.4 Å². The molecular weight excluding hydrogens is 246 g/mol. The van der Waals surface area contributed by atoms with Crippen LogP contribution in [0.15, 0.2) is 0 Å². The minimum atomic E-state index is -2.80. The zero-order valence-electron chi connectivity index (χ0n) is 12.0. The van der Waals surface area contributed by atoms with Crippen molar-refractivity contribution in [2.24, 2.45) is 11.8 Å². The van der Waals surface area contributed by atoms with Crippen LogP contribution in [0.3, 0.4) is 0 Å². The van der Waals surface area contributed by atoms with Crippen LogP contribution in [0.2, 0.25) is 0 Å². The topological polar surface area (TPSA) is 46.2 Å². The van der Waals surface area contributed by atoms with Gasteiger partial charge in [-0.25, -0.2) is 8.42 Å². The Kier molecular flexibility index (Phi) is 7.23. The van der Waals surface area contributed by atoms with Crippen LogP contribution in [0.4, 0.5) is 0 Å². The van der Waals surface area contributed by atoms with Crippen LogP contribution >= 0.6 is 0 Å². The van der Waals surface area contributed by atoms with Gasteiger partial charge in [-0.1, -0.05) is 39.5 Å². The summed E-state index contributed by atoms with van der Waals surface area (Å²) in [6.07, 6.45) is 7.24. The summed E-state index contributed by atoms with van der Waals surface area (Å²) in [5.41, 5.74) is 0. The maximum Gasteiger partial charge on any atom is 0.150 e. The van der Waals surface area contributed by atoms with Gasteiger partial charge < -0.3 is 5.32 Å². The molecule has 0 radical (unpaired) electrons. The van der Waals surface area contributed by atoms with Crippen molar-refractivity contribution < 1.29 is 8.42 Å². The molecule has 18 heavy (non-hydrogen) atoms. The third-order valence-electron chi connectivity index (χ3n) is 4.14. The second kappa shape index (κ2) is 8.16. The third-order valence-corrected chi connectivity index (χ3v) is 5.88. The molecule has 0 aromatic rings. The first kappa shape index (κ1) is 16.0. The van der Waals surface area contributed by atoms with Gasteiger partial charge in [0.05, 0.1) is 5.75 Å². The van der Waals surface area contributed by atoms with Crippen LogP contribution in [0, 0.1) is 11.8 Å². The molecule has 1 unspecified atom stereocenters. The molecule has 0 spiro atoms. The van der Waals surface area contributed by atoms with Gasteiger partial charge in [-0.05, 0) is 37.8 Å². The van der Waals surface area contributed by atoms with Crippen LogP contribution in [-0.2, 0) is 9.84 Å². The van der Waals surface area contributed by atoms with E-state index in [9.17, 15) is 8.42 Å². The van der Waals surface area contributed by atoms with Gasteiger partial charge >= 0.3 is 0 Å². The van der Waals surface area contributed by atoms with E-state index < -0.39 is 9.84 Å². The van der Waals surface area contributed by atoms with Gasteiger partial charge in [0.25, 0.3) is 0 Å². The lowest BCUT2D eigenvalue weighted by atomic mass is 9.88. The van der Waals surface area contributed by atoms with Gasteiger partial charge in [-0.15, -0.1) is 0 Å². The highest BCUT2D eigenvalue weighted by Gasteiger charge is 2.25. The van der Waals surface area contributed by atoms with E-state index in [-0.39, 0.29) is 5.75 Å². The lowest BCUT2D eigenvalue weighted by Crippen LogP contribution is -2.29. The molecule has 1 atom stereocenters. The molecule has 0 saturated heterocycles. The zero-order valence-corrected chi connectivity index (χ0v) is 12.8. The van der Waals surface area contributed by atoms with Crippen molar-refractivity contribution in [1.82, 2.24) is 5.32 Å². The fourth-order valence-corrected chi connectivity index (χ4v) is 3.82. The van der Waals surface area contributed by atoms with Crippen LogP contribution in [-0.4, -0.2) is 33.0 Å². The lowest BCUT2D eigenvalue weighted by molar-refractivity contribution is 0.315. The molecule has 108 valence electrons. The van der Waals surface area contributed by atoms with E-state index in [4.69, 9.17) is 0 Å². The number of hydrogen-bond donors (Lipinski definition) is 1. The van der Waals surface area contributed by atoms with Crippen LogP contribution in [0.5, 0.6) is 0 Å². The quantitative estimate of drug-likeness (QED) is 0.658. The summed E-state index contributed by atoms with van der Waals surface area (Å²) < 4.78 is 23.3. The molecule has 1 aliphatic carbocycles. The minimum absolute atomic E-state index is 0.284. The van der Waals surface area contributed by atoms with Gasteiger partial charge in [-0.2, -0.15) is 0 Å². The van der Waals surface area contributed by atoms with Crippen molar-refractivity contribution in [3.8, 4) is 0 Å². The van der Waals surface area contributed by atoms with E-state index >= 15 is 0 Å². The molecule has 1 aliphatic rings. The Balaban J connectivity index is 2.43. The Hall–Kier alpha value is -0.0900. The van der Waals surface area contributed by atoms with Gasteiger partial charge in [0, 0.05) is 5.75 Å². The summed E-state index contributed by atoms with van der Waals surface area (Å²) >= 11 is 0. The standard InChI is InChI=1S/C14H29NO2S/c1-3-10-15-12-14(13-7-5-6-8-13)9-11-18(16,17)4-2/h13-15H,3-12H2,1-2H3. The number of hydrogen-bond acceptors (Lipinski definition) is 3. The summed E-state index contributed by atoms with van der Waals surface area (Å²) in [4.78, 5) is 0. The number of rotatable bonds is 9. The molecule has 3 nitrogen and oxygen atoms in total. The molecule has 1 N–H and O–H groups in total. The highest BCUT2D eigenvalue weighted by Crippen LogP contribution is 2.33. The molecule has 1 rings (SSSR count). The minimum Gasteiger partial charge on any atom is -0.316 e. The summed E-state index contributed by atoms with van der Waals surface area (Å²) in [7, 11) is -2.80. The first-order valence-corrected chi connectivity index (χ1v) is 9.32. The normalized spacial score (nSPS) is 19.2. The van der Waals surface area contributed by atoms with E-state index in [0.29, 0.717) is 11.7 Å². The molecule has 0 aromatic carbocycles. The van der Waals surface area contributed by atoms with E-state index in [1.165, 1.54) is 25.7 Å². The number of sulfone groups is 1. The van der Waals surface area contributed by atoms with Crippen LogP contribution in [0.25, 0.3) is 0 Å². The SMILES string of the molecule is CCCNCC(CCS(=O)(=O)CC)C1CCCC1. The van der Waals surface area contributed by atoms with Crippen molar-refractivity contribution in [1.29, 1.82) is 0 Å². The summed E-state index contributed by atoms with van der Waals surface area (Å²) in [6.45, 7) is 5.95. The van der Waals surface area contributed by atoms with E-state index in [1.807, 2.05) is 0 Å². The molecule has 0 aliphatic heterocycles. The summed E-state index contributed by atoms with van der Waals surface area (Å²) in [5.74, 6) is 1.97. The molecule has 0 amide bonds. The molecule has 0 aromatic heterocycles. The first-order valence-electron chi connectivity index (χ1n) is 7.50. The fraction of sp³-hybridized carbons (Fsp3) is 1.00. The van der Waals surface area contributed by atoms with E-state index in [1.54, 1.807) is 6.92 Å². The third kappa shape index (κ3) is 5.70. The van der Waals surface area contributed by atoms with E-state index in [2.05, 4.69) is 12.2 Å². The summed E-state index contributed by atoms with van der Waals surface area (Å²) in [5, 5.41) is 3.47. The van der Waals surface area contributed by atoms with Gasteiger partial charge in [0.2, 0.25) is 0 Å². The second-order valence-electron chi connectivity index (χ2n) is 5.53. The molecule has 0 heterocycles. The van der Waals surface area contributed by atoms with Crippen molar-refractivity contribution in [2.75, 3.05) is 24.6 Å². The predicted octanol–water partition coefficient (Wildman–Crippen LogP) is 2.62. The Morgan fingerprint density at radius 1 is 1.22 bits per heavy atom. The Labute approximate surface area is 113 Å². The van der Waals surface area contributed by atoms with E-state index in [0.717, 1.165) is 31.8 Å². The van der Waals surface area contributed by atoms with Gasteiger partial charge in [-0.3, -0.25) is 0 Å². The highest BCUT2D eigenvalue weighted by atomic mass is 32.2.